The number of rotatable bonds is 14. The zero-order chi connectivity index (χ0) is 22.8. The molecule has 0 aliphatic rings. The van der Waals surface area contributed by atoms with Crippen molar-refractivity contribution in [3.63, 3.8) is 0 Å². The third-order valence-corrected chi connectivity index (χ3v) is 3.80. The summed E-state index contributed by atoms with van der Waals surface area (Å²) in [6.45, 7) is 9.71. The maximum atomic E-state index is 11.6. The topological polar surface area (TPSA) is 112 Å². The number of carbonyl (C=O) groups excluding carboxylic acids is 4. The highest BCUT2D eigenvalue weighted by Gasteiger charge is 2.13. The number of amides is 2. The molecule has 0 saturated heterocycles. The molecule has 0 saturated carbocycles. The Morgan fingerprint density at radius 1 is 0.633 bits per heavy atom. The molecule has 0 spiro atoms. The summed E-state index contributed by atoms with van der Waals surface area (Å²) in [6.07, 6.45) is 2.07. The van der Waals surface area contributed by atoms with E-state index in [0.29, 0.717) is 52.2 Å². The van der Waals surface area contributed by atoms with Gasteiger partial charge in [0.05, 0.1) is 26.4 Å². The van der Waals surface area contributed by atoms with Crippen LogP contribution in [0.15, 0.2) is 12.2 Å². The average molecular weight is 430 g/mol. The van der Waals surface area contributed by atoms with Crippen LogP contribution in [0.4, 0.5) is 9.59 Å². The number of carbonyl (C=O) groups is 4. The van der Waals surface area contributed by atoms with Crippen molar-refractivity contribution >= 4 is 24.1 Å². The number of esters is 2. The van der Waals surface area contributed by atoms with Crippen molar-refractivity contribution in [2.24, 2.45) is 0 Å². The lowest BCUT2D eigenvalue weighted by Gasteiger charge is -2.19. The van der Waals surface area contributed by atoms with Gasteiger partial charge < -0.3 is 28.7 Å². The van der Waals surface area contributed by atoms with Crippen LogP contribution in [0.1, 0.15) is 40.5 Å². The molecule has 0 aliphatic carbocycles. The summed E-state index contributed by atoms with van der Waals surface area (Å²) in [6, 6.07) is 0. The summed E-state index contributed by atoms with van der Waals surface area (Å²) in [5.41, 5.74) is 0. The zero-order valence-corrected chi connectivity index (χ0v) is 18.4. The summed E-state index contributed by atoms with van der Waals surface area (Å²) in [5, 5.41) is 0. The Morgan fingerprint density at radius 3 is 1.30 bits per heavy atom. The Labute approximate surface area is 178 Å². The molecule has 2 amide bonds. The summed E-state index contributed by atoms with van der Waals surface area (Å²) < 4.78 is 19.8. The van der Waals surface area contributed by atoms with Crippen LogP contribution in [-0.2, 0) is 28.5 Å². The maximum absolute atomic E-state index is 11.6. The van der Waals surface area contributed by atoms with E-state index in [4.69, 9.17) is 18.9 Å². The van der Waals surface area contributed by atoms with Crippen molar-refractivity contribution in [2.45, 2.75) is 40.5 Å². The van der Waals surface area contributed by atoms with Gasteiger partial charge in [0.1, 0.15) is 0 Å². The largest absolute Gasteiger partial charge is 0.462 e. The fraction of sp³-hybridized carbons (Fsp3) is 0.700. The molecular weight excluding hydrogens is 396 g/mol. The van der Waals surface area contributed by atoms with Crippen molar-refractivity contribution in [1.29, 1.82) is 0 Å². The summed E-state index contributed by atoms with van der Waals surface area (Å²) in [7, 11) is 0. The smallest absolute Gasteiger partial charge is 0.409 e. The van der Waals surface area contributed by atoms with Crippen LogP contribution >= 0.6 is 0 Å². The molecule has 0 heterocycles. The predicted octanol–water partition coefficient (Wildman–Crippen LogP) is 2.37. The molecule has 10 nitrogen and oxygen atoms in total. The third kappa shape index (κ3) is 12.6. The number of hydrogen-bond donors (Lipinski definition) is 0. The van der Waals surface area contributed by atoms with Gasteiger partial charge in [-0.15, -0.1) is 0 Å². The van der Waals surface area contributed by atoms with E-state index in [2.05, 4.69) is 0 Å². The molecule has 0 bridgehead atoms. The Balaban J connectivity index is 4.01. The lowest BCUT2D eigenvalue weighted by Crippen LogP contribution is -2.33. The maximum Gasteiger partial charge on any atom is 0.409 e. The number of nitrogens with zero attached hydrogens (tertiary/aromatic N) is 2. The lowest BCUT2D eigenvalue weighted by molar-refractivity contribution is -0.140. The van der Waals surface area contributed by atoms with Crippen molar-refractivity contribution in [1.82, 2.24) is 9.80 Å². The minimum absolute atomic E-state index is 0.106. The molecule has 0 aromatic carbocycles. The van der Waals surface area contributed by atoms with Crippen LogP contribution in [0.5, 0.6) is 0 Å². The van der Waals surface area contributed by atoms with Gasteiger partial charge in [0.25, 0.3) is 0 Å². The van der Waals surface area contributed by atoms with Crippen molar-refractivity contribution in [3.05, 3.63) is 12.2 Å². The Morgan fingerprint density at radius 2 is 1.00 bits per heavy atom. The van der Waals surface area contributed by atoms with Gasteiger partial charge in [-0.25, -0.2) is 19.2 Å². The fourth-order valence-electron chi connectivity index (χ4n) is 2.28. The van der Waals surface area contributed by atoms with Crippen molar-refractivity contribution in [2.75, 3.05) is 52.6 Å². The summed E-state index contributed by atoms with van der Waals surface area (Å²) in [5.74, 6) is -1.35. The molecule has 0 atom stereocenters. The minimum atomic E-state index is -0.675. The van der Waals surface area contributed by atoms with Gasteiger partial charge in [0.15, 0.2) is 0 Å². The first kappa shape index (κ1) is 27.2. The highest BCUT2D eigenvalue weighted by molar-refractivity contribution is 5.91. The van der Waals surface area contributed by atoms with Gasteiger partial charge in [0, 0.05) is 38.3 Å². The lowest BCUT2D eigenvalue weighted by atomic mass is 10.4. The van der Waals surface area contributed by atoms with E-state index in [1.165, 1.54) is 9.80 Å². The molecule has 0 radical (unpaired) electrons. The van der Waals surface area contributed by atoms with Gasteiger partial charge in [-0.05, 0) is 40.5 Å². The first-order valence-corrected chi connectivity index (χ1v) is 10.2. The van der Waals surface area contributed by atoms with Gasteiger partial charge >= 0.3 is 24.1 Å². The molecular formula is C20H34N2O8. The van der Waals surface area contributed by atoms with Gasteiger partial charge in [-0.3, -0.25) is 0 Å². The van der Waals surface area contributed by atoms with Crippen LogP contribution < -0.4 is 0 Å². The molecule has 0 fully saturated rings. The van der Waals surface area contributed by atoms with Crippen LogP contribution in [0.25, 0.3) is 0 Å². The van der Waals surface area contributed by atoms with Crippen LogP contribution in [0.2, 0.25) is 0 Å². The minimum Gasteiger partial charge on any atom is -0.462 e. The molecule has 0 N–H and O–H groups in total. The summed E-state index contributed by atoms with van der Waals surface area (Å²) >= 11 is 0. The molecule has 0 aliphatic heterocycles. The predicted molar refractivity (Wildman–Crippen MR) is 109 cm³/mol. The van der Waals surface area contributed by atoms with Crippen molar-refractivity contribution < 1.29 is 38.1 Å². The Bertz CT molecular complexity index is 517. The molecule has 0 rings (SSSR count). The quantitative estimate of drug-likeness (QED) is 0.179. The monoisotopic (exact) mass is 430 g/mol. The molecule has 0 unspecified atom stereocenters. The molecule has 30 heavy (non-hydrogen) atoms. The molecule has 172 valence electrons. The van der Waals surface area contributed by atoms with Crippen LogP contribution in [-0.4, -0.2) is 86.5 Å². The van der Waals surface area contributed by atoms with E-state index in [1.807, 2.05) is 13.8 Å². The first-order chi connectivity index (χ1) is 14.4. The van der Waals surface area contributed by atoms with Gasteiger partial charge in [0.2, 0.25) is 0 Å². The van der Waals surface area contributed by atoms with Gasteiger partial charge in [-0.1, -0.05) is 0 Å². The van der Waals surface area contributed by atoms with E-state index in [0.717, 1.165) is 12.2 Å². The second-order valence-corrected chi connectivity index (χ2v) is 5.93. The standard InChI is InChI=1S/C20H34N2O8/c1-5-21(19(25)27-7-3)13-9-15-29-17(23)11-12-18(24)30-16-10-14-22(6-2)20(26)28-8-4/h11-12H,5-10,13-16H2,1-4H3/b12-11+. The average Bonchev–Trinajstić information content (AvgIpc) is 2.72. The van der Waals surface area contributed by atoms with Crippen LogP contribution in [0, 0.1) is 0 Å². The van der Waals surface area contributed by atoms with Crippen molar-refractivity contribution in [3.8, 4) is 0 Å². The third-order valence-electron chi connectivity index (χ3n) is 3.80. The van der Waals surface area contributed by atoms with Gasteiger partial charge in [-0.2, -0.15) is 0 Å². The molecule has 10 heteroatoms. The molecule has 0 aromatic rings. The van der Waals surface area contributed by atoms with E-state index in [-0.39, 0.29) is 13.2 Å². The Kier molecular flexibility index (Phi) is 15.5. The first-order valence-electron chi connectivity index (χ1n) is 10.2. The normalized spacial score (nSPS) is 10.4. The number of hydrogen-bond acceptors (Lipinski definition) is 8. The second-order valence-electron chi connectivity index (χ2n) is 5.93. The highest BCUT2D eigenvalue weighted by Crippen LogP contribution is 1.99. The van der Waals surface area contributed by atoms with E-state index in [1.54, 1.807) is 13.8 Å². The fourth-order valence-corrected chi connectivity index (χ4v) is 2.28. The van der Waals surface area contributed by atoms with E-state index in [9.17, 15) is 19.2 Å². The Hall–Kier alpha value is -2.78. The number of ether oxygens (including phenoxy) is 4. The second kappa shape index (κ2) is 17.1. The highest BCUT2D eigenvalue weighted by atomic mass is 16.6. The van der Waals surface area contributed by atoms with E-state index >= 15 is 0 Å². The van der Waals surface area contributed by atoms with Crippen LogP contribution in [0.3, 0.4) is 0 Å². The SMILES string of the molecule is CCOC(=O)N(CC)CCCOC(=O)/C=C/C(=O)OCCCN(CC)C(=O)OCC. The van der Waals surface area contributed by atoms with E-state index < -0.39 is 24.1 Å². The molecule has 0 aromatic heterocycles. The summed E-state index contributed by atoms with van der Waals surface area (Å²) in [4.78, 5) is 49.5. The zero-order valence-electron chi connectivity index (χ0n) is 18.4.